The minimum atomic E-state index is -1.02. The van der Waals surface area contributed by atoms with E-state index in [9.17, 15) is 19.8 Å². The molecule has 0 saturated carbocycles. The normalized spacial score (nSPS) is 12.3. The Morgan fingerprint density at radius 1 is 0.517 bits per heavy atom. The van der Waals surface area contributed by atoms with E-state index in [-0.39, 0.29) is 39.4 Å². The number of carboxylic acid groups (broad SMARTS) is 2. The van der Waals surface area contributed by atoms with Crippen LogP contribution in [-0.2, 0) is 38.0 Å². The van der Waals surface area contributed by atoms with E-state index in [4.69, 9.17) is 37.9 Å². The van der Waals surface area contributed by atoms with E-state index >= 15 is 0 Å². The van der Waals surface area contributed by atoms with Crippen molar-refractivity contribution in [1.82, 2.24) is 0 Å². The van der Waals surface area contributed by atoms with Gasteiger partial charge in [-0.05, 0) is 37.1 Å². The van der Waals surface area contributed by atoms with Crippen molar-refractivity contribution in [1.29, 1.82) is 0 Å². The summed E-state index contributed by atoms with van der Waals surface area (Å²) in [6.07, 6.45) is 12.9. The summed E-state index contributed by atoms with van der Waals surface area (Å²) in [6, 6.07) is 14.3. The van der Waals surface area contributed by atoms with Crippen LogP contribution >= 0.6 is 0 Å². The summed E-state index contributed by atoms with van der Waals surface area (Å²) in [5.41, 5.74) is 1.11. The molecule has 58 heavy (non-hydrogen) atoms. The number of benzene rings is 2. The number of rotatable bonds is 39. The first-order chi connectivity index (χ1) is 28.3. The Bertz CT molecular complexity index is 1240. The SMILES string of the molecule is CCCCCCCCOCCOC(CN(CC(=O)O)c1ccccc1OCCOc1ccccc1N(CC(=O)O)CC(OC)OCCOCCCCCCCC)OC. The van der Waals surface area contributed by atoms with Gasteiger partial charge in [0.25, 0.3) is 0 Å². The number of aliphatic carboxylic acids is 2. The molecule has 0 aliphatic carbocycles. The molecule has 0 aliphatic rings. The van der Waals surface area contributed by atoms with Gasteiger partial charge in [0.05, 0.1) is 50.9 Å². The zero-order valence-electron chi connectivity index (χ0n) is 35.6. The molecule has 14 heteroatoms. The number of ether oxygens (including phenoxy) is 8. The van der Waals surface area contributed by atoms with Gasteiger partial charge in [-0.1, -0.05) is 102 Å². The van der Waals surface area contributed by atoms with Crippen LogP contribution in [0.4, 0.5) is 11.4 Å². The quantitative estimate of drug-likeness (QED) is 0.0501. The molecule has 2 aromatic rings. The lowest BCUT2D eigenvalue weighted by Gasteiger charge is -2.29. The van der Waals surface area contributed by atoms with Gasteiger partial charge in [0.1, 0.15) is 37.8 Å². The van der Waals surface area contributed by atoms with Crippen LogP contribution in [0.2, 0.25) is 0 Å². The average Bonchev–Trinajstić information content (AvgIpc) is 3.22. The third kappa shape index (κ3) is 23.1. The monoisotopic (exact) mass is 821 g/mol. The number of hydrogen-bond donors (Lipinski definition) is 2. The summed E-state index contributed by atoms with van der Waals surface area (Å²) < 4.78 is 46.6. The Kier molecular flexibility index (Phi) is 28.9. The predicted molar refractivity (Wildman–Crippen MR) is 225 cm³/mol. The van der Waals surface area contributed by atoms with Crippen molar-refractivity contribution in [3.05, 3.63) is 48.5 Å². The molecule has 2 aromatic carbocycles. The highest BCUT2D eigenvalue weighted by atomic mass is 16.7. The minimum Gasteiger partial charge on any atom is -0.488 e. The van der Waals surface area contributed by atoms with Crippen LogP contribution in [0.3, 0.4) is 0 Å². The predicted octanol–water partition coefficient (Wildman–Crippen LogP) is 7.66. The van der Waals surface area contributed by atoms with Crippen LogP contribution in [0.25, 0.3) is 0 Å². The van der Waals surface area contributed by atoms with Crippen LogP contribution in [0.15, 0.2) is 48.5 Å². The molecule has 14 nitrogen and oxygen atoms in total. The van der Waals surface area contributed by atoms with Gasteiger partial charge in [-0.3, -0.25) is 9.59 Å². The van der Waals surface area contributed by atoms with Gasteiger partial charge < -0.3 is 57.9 Å². The molecule has 0 saturated heterocycles. The third-order valence-corrected chi connectivity index (χ3v) is 9.27. The summed E-state index contributed by atoms with van der Waals surface area (Å²) in [5, 5.41) is 19.5. The highest BCUT2D eigenvalue weighted by Crippen LogP contribution is 2.30. The maximum Gasteiger partial charge on any atom is 0.323 e. The second-order valence-electron chi connectivity index (χ2n) is 14.0. The summed E-state index contributed by atoms with van der Waals surface area (Å²) >= 11 is 0. The molecule has 0 aromatic heterocycles. The molecule has 0 fully saturated rings. The maximum atomic E-state index is 11.9. The highest BCUT2D eigenvalue weighted by molar-refractivity contribution is 5.76. The van der Waals surface area contributed by atoms with E-state index in [1.165, 1.54) is 65.6 Å². The Morgan fingerprint density at radius 2 is 0.897 bits per heavy atom. The van der Waals surface area contributed by atoms with Crippen LogP contribution in [-0.4, -0.2) is 128 Å². The Hall–Kier alpha value is -3.66. The number of unbranched alkanes of at least 4 members (excludes halogenated alkanes) is 10. The number of carbonyl (C=O) groups is 2. The van der Waals surface area contributed by atoms with Crippen LogP contribution in [0.5, 0.6) is 11.5 Å². The van der Waals surface area contributed by atoms with Crippen LogP contribution in [0.1, 0.15) is 90.9 Å². The number of para-hydroxylation sites is 4. The third-order valence-electron chi connectivity index (χ3n) is 9.27. The number of methoxy groups -OCH3 is 2. The lowest BCUT2D eigenvalue weighted by atomic mass is 10.1. The Labute approximate surface area is 347 Å². The summed E-state index contributed by atoms with van der Waals surface area (Å²) in [6.45, 7) is 7.13. The molecule has 0 spiro atoms. The Balaban J connectivity index is 1.94. The van der Waals surface area contributed by atoms with E-state index in [1.807, 2.05) is 0 Å². The van der Waals surface area contributed by atoms with Gasteiger partial charge in [0.15, 0.2) is 12.6 Å². The fraction of sp³-hybridized carbons (Fsp3) is 0.682. The van der Waals surface area contributed by atoms with Crippen molar-refractivity contribution < 1.29 is 57.7 Å². The topological polar surface area (TPSA) is 155 Å². The van der Waals surface area contributed by atoms with Gasteiger partial charge in [0.2, 0.25) is 0 Å². The first-order valence-electron chi connectivity index (χ1n) is 21.1. The van der Waals surface area contributed by atoms with Crippen molar-refractivity contribution in [3.63, 3.8) is 0 Å². The first-order valence-corrected chi connectivity index (χ1v) is 21.1. The molecule has 0 amide bonds. The van der Waals surface area contributed by atoms with Gasteiger partial charge in [0, 0.05) is 27.4 Å². The van der Waals surface area contributed by atoms with Crippen molar-refractivity contribution in [2.24, 2.45) is 0 Å². The average molecular weight is 821 g/mol. The van der Waals surface area contributed by atoms with E-state index in [0.717, 1.165) is 25.7 Å². The van der Waals surface area contributed by atoms with Crippen LogP contribution in [0, 0.1) is 0 Å². The molecule has 0 radical (unpaired) electrons. The zero-order valence-corrected chi connectivity index (χ0v) is 35.6. The number of carboxylic acids is 2. The first kappa shape index (κ1) is 50.5. The molecule has 2 atom stereocenters. The summed E-state index contributed by atoms with van der Waals surface area (Å²) in [5.74, 6) is -1.12. The molecule has 0 aliphatic heterocycles. The largest absolute Gasteiger partial charge is 0.488 e. The van der Waals surface area contributed by atoms with Crippen molar-refractivity contribution in [3.8, 4) is 11.5 Å². The van der Waals surface area contributed by atoms with Gasteiger partial charge in [-0.2, -0.15) is 0 Å². The maximum absolute atomic E-state index is 11.9. The fourth-order valence-electron chi connectivity index (χ4n) is 6.21. The van der Waals surface area contributed by atoms with E-state index < -0.39 is 24.5 Å². The number of hydrogen-bond acceptors (Lipinski definition) is 12. The molecule has 2 N–H and O–H groups in total. The lowest BCUT2D eigenvalue weighted by molar-refractivity contribution is -0.138. The van der Waals surface area contributed by atoms with Gasteiger partial charge in [-0.25, -0.2) is 0 Å². The summed E-state index contributed by atoms with van der Waals surface area (Å²) in [7, 11) is 3.04. The summed E-state index contributed by atoms with van der Waals surface area (Å²) in [4.78, 5) is 27.1. The van der Waals surface area contributed by atoms with E-state index in [2.05, 4.69) is 13.8 Å². The fourth-order valence-corrected chi connectivity index (χ4v) is 6.21. The van der Waals surface area contributed by atoms with Crippen molar-refractivity contribution in [2.75, 3.05) is 103 Å². The number of anilines is 2. The van der Waals surface area contributed by atoms with Crippen molar-refractivity contribution >= 4 is 23.3 Å². The minimum absolute atomic E-state index is 0.119. The lowest BCUT2D eigenvalue weighted by Crippen LogP contribution is -2.39. The Morgan fingerprint density at radius 3 is 1.28 bits per heavy atom. The van der Waals surface area contributed by atoms with Gasteiger partial charge in [-0.15, -0.1) is 0 Å². The van der Waals surface area contributed by atoms with E-state index in [0.29, 0.717) is 62.5 Å². The molecule has 2 rings (SSSR count). The second kappa shape index (κ2) is 33.2. The zero-order chi connectivity index (χ0) is 42.1. The second-order valence-corrected chi connectivity index (χ2v) is 14.0. The molecular formula is C44H72N2O12. The van der Waals surface area contributed by atoms with Gasteiger partial charge >= 0.3 is 11.9 Å². The molecule has 2 unspecified atom stereocenters. The van der Waals surface area contributed by atoms with Crippen molar-refractivity contribution in [2.45, 2.75) is 103 Å². The molecular weight excluding hydrogens is 748 g/mol. The molecule has 0 bridgehead atoms. The van der Waals surface area contributed by atoms with Crippen LogP contribution < -0.4 is 19.3 Å². The number of nitrogens with zero attached hydrogens (tertiary/aromatic N) is 2. The smallest absolute Gasteiger partial charge is 0.323 e. The molecule has 0 heterocycles. The molecule has 330 valence electrons. The highest BCUT2D eigenvalue weighted by Gasteiger charge is 2.22. The standard InChI is InChI=1S/C44H72N2O12/c1-5-7-9-11-13-19-25-53-27-29-57-43(51-3)35-45(33-41(47)48)37-21-15-17-23-39(37)55-31-32-56-40-24-18-16-22-38(40)46(34-42(49)50)36-44(52-4)58-30-28-54-26-20-14-12-10-8-6-2/h15-18,21-24,43-44H,5-14,19-20,25-36H2,1-4H3,(H,47,48)(H,49,50). The van der Waals surface area contributed by atoms with E-state index in [1.54, 1.807) is 58.3 Å².